The first-order valence-corrected chi connectivity index (χ1v) is 7.08. The standard InChI is InChI=1S/C14H22BrNO/c1-4-16(5-2)10-7-11-17-14-9-6-8-13(15)12(14)3/h6,8-9H,4-5,7,10-11H2,1-3H3. The number of rotatable bonds is 7. The van der Waals surface area contributed by atoms with Crippen molar-refractivity contribution in [2.45, 2.75) is 27.2 Å². The molecule has 1 aromatic rings. The Morgan fingerprint density at radius 2 is 1.94 bits per heavy atom. The number of ether oxygens (including phenoxy) is 1. The van der Waals surface area contributed by atoms with Gasteiger partial charge in [0.05, 0.1) is 6.61 Å². The van der Waals surface area contributed by atoms with Crippen LogP contribution in [0.2, 0.25) is 0 Å². The lowest BCUT2D eigenvalue weighted by molar-refractivity contribution is 0.248. The zero-order valence-electron chi connectivity index (χ0n) is 11.0. The van der Waals surface area contributed by atoms with Gasteiger partial charge in [-0.3, -0.25) is 0 Å². The Morgan fingerprint density at radius 1 is 1.24 bits per heavy atom. The van der Waals surface area contributed by atoms with E-state index in [1.807, 2.05) is 18.2 Å². The van der Waals surface area contributed by atoms with Crippen LogP contribution < -0.4 is 4.74 Å². The fourth-order valence-corrected chi connectivity index (χ4v) is 2.10. The van der Waals surface area contributed by atoms with Crippen LogP contribution in [-0.4, -0.2) is 31.1 Å². The van der Waals surface area contributed by atoms with E-state index < -0.39 is 0 Å². The third-order valence-corrected chi connectivity index (χ3v) is 3.85. The fourth-order valence-electron chi connectivity index (χ4n) is 1.75. The van der Waals surface area contributed by atoms with Gasteiger partial charge < -0.3 is 9.64 Å². The minimum atomic E-state index is 0.786. The van der Waals surface area contributed by atoms with E-state index in [0.717, 1.165) is 42.9 Å². The number of halogens is 1. The van der Waals surface area contributed by atoms with E-state index in [9.17, 15) is 0 Å². The second kappa shape index (κ2) is 7.72. The smallest absolute Gasteiger partial charge is 0.123 e. The lowest BCUT2D eigenvalue weighted by atomic mass is 10.2. The molecule has 0 aliphatic heterocycles. The minimum Gasteiger partial charge on any atom is -0.493 e. The molecular formula is C14H22BrNO. The zero-order valence-corrected chi connectivity index (χ0v) is 12.6. The third kappa shape index (κ3) is 4.68. The average Bonchev–Trinajstić information content (AvgIpc) is 2.34. The largest absolute Gasteiger partial charge is 0.493 e. The van der Waals surface area contributed by atoms with Crippen molar-refractivity contribution in [2.75, 3.05) is 26.2 Å². The zero-order chi connectivity index (χ0) is 12.7. The van der Waals surface area contributed by atoms with Gasteiger partial charge in [0, 0.05) is 16.6 Å². The molecule has 0 bridgehead atoms. The molecule has 96 valence electrons. The van der Waals surface area contributed by atoms with E-state index >= 15 is 0 Å². The minimum absolute atomic E-state index is 0.786. The number of hydrogen-bond donors (Lipinski definition) is 0. The van der Waals surface area contributed by atoms with Gasteiger partial charge in [0.2, 0.25) is 0 Å². The molecule has 0 spiro atoms. The Hall–Kier alpha value is -0.540. The third-order valence-electron chi connectivity index (χ3n) is 2.99. The summed E-state index contributed by atoms with van der Waals surface area (Å²) in [5, 5.41) is 0. The van der Waals surface area contributed by atoms with E-state index in [1.54, 1.807) is 0 Å². The molecule has 0 radical (unpaired) electrons. The summed E-state index contributed by atoms with van der Waals surface area (Å²) in [4.78, 5) is 2.41. The first kappa shape index (κ1) is 14.5. The summed E-state index contributed by atoms with van der Waals surface area (Å²) >= 11 is 3.51. The van der Waals surface area contributed by atoms with E-state index in [-0.39, 0.29) is 0 Å². The predicted octanol–water partition coefficient (Wildman–Crippen LogP) is 3.87. The number of benzene rings is 1. The average molecular weight is 300 g/mol. The van der Waals surface area contributed by atoms with E-state index in [0.29, 0.717) is 0 Å². The molecular weight excluding hydrogens is 278 g/mol. The van der Waals surface area contributed by atoms with Crippen LogP contribution in [0.25, 0.3) is 0 Å². The lowest BCUT2D eigenvalue weighted by Gasteiger charge is -2.18. The maximum Gasteiger partial charge on any atom is 0.123 e. The number of nitrogens with zero attached hydrogens (tertiary/aromatic N) is 1. The molecule has 0 saturated carbocycles. The van der Waals surface area contributed by atoms with E-state index in [4.69, 9.17) is 4.74 Å². The summed E-state index contributed by atoms with van der Waals surface area (Å²) in [5.41, 5.74) is 1.18. The second-order valence-corrected chi connectivity index (χ2v) is 4.95. The highest BCUT2D eigenvalue weighted by Crippen LogP contribution is 2.25. The highest BCUT2D eigenvalue weighted by molar-refractivity contribution is 9.10. The van der Waals surface area contributed by atoms with E-state index in [2.05, 4.69) is 41.6 Å². The highest BCUT2D eigenvalue weighted by Gasteiger charge is 2.03. The fraction of sp³-hybridized carbons (Fsp3) is 0.571. The van der Waals surface area contributed by atoms with Crippen molar-refractivity contribution in [2.24, 2.45) is 0 Å². The number of hydrogen-bond acceptors (Lipinski definition) is 2. The Kier molecular flexibility index (Phi) is 6.60. The van der Waals surface area contributed by atoms with Gasteiger partial charge in [-0.15, -0.1) is 0 Å². The molecule has 2 nitrogen and oxygen atoms in total. The molecule has 0 aromatic heterocycles. The molecule has 0 atom stereocenters. The molecule has 0 unspecified atom stereocenters. The van der Waals surface area contributed by atoms with Gasteiger partial charge in [-0.2, -0.15) is 0 Å². The molecule has 3 heteroatoms. The maximum absolute atomic E-state index is 5.80. The summed E-state index contributed by atoms with van der Waals surface area (Å²) in [6.07, 6.45) is 1.08. The van der Waals surface area contributed by atoms with Crippen LogP contribution in [0, 0.1) is 6.92 Å². The van der Waals surface area contributed by atoms with Crippen molar-refractivity contribution in [1.82, 2.24) is 4.90 Å². The topological polar surface area (TPSA) is 12.5 Å². The summed E-state index contributed by atoms with van der Waals surface area (Å²) in [6, 6.07) is 6.08. The van der Waals surface area contributed by atoms with Crippen molar-refractivity contribution in [3.63, 3.8) is 0 Å². The van der Waals surface area contributed by atoms with Gasteiger partial charge in [0.15, 0.2) is 0 Å². The van der Waals surface area contributed by atoms with Crippen LogP contribution in [0.4, 0.5) is 0 Å². The van der Waals surface area contributed by atoms with Gasteiger partial charge in [0.25, 0.3) is 0 Å². The molecule has 0 amide bonds. The summed E-state index contributed by atoms with van der Waals surface area (Å²) < 4.78 is 6.91. The summed E-state index contributed by atoms with van der Waals surface area (Å²) in [6.45, 7) is 10.6. The van der Waals surface area contributed by atoms with E-state index in [1.165, 1.54) is 5.56 Å². The van der Waals surface area contributed by atoms with Crippen LogP contribution in [0.5, 0.6) is 5.75 Å². The highest BCUT2D eigenvalue weighted by atomic mass is 79.9. The van der Waals surface area contributed by atoms with Crippen LogP contribution in [0.3, 0.4) is 0 Å². The van der Waals surface area contributed by atoms with Crippen molar-refractivity contribution in [3.05, 3.63) is 28.2 Å². The first-order valence-electron chi connectivity index (χ1n) is 6.29. The van der Waals surface area contributed by atoms with Crippen molar-refractivity contribution < 1.29 is 4.74 Å². The monoisotopic (exact) mass is 299 g/mol. The SMILES string of the molecule is CCN(CC)CCCOc1cccc(Br)c1C. The quantitative estimate of drug-likeness (QED) is 0.709. The molecule has 0 heterocycles. The van der Waals surface area contributed by atoms with Crippen LogP contribution >= 0.6 is 15.9 Å². The van der Waals surface area contributed by atoms with Crippen molar-refractivity contribution in [1.29, 1.82) is 0 Å². The van der Waals surface area contributed by atoms with Gasteiger partial charge in [0.1, 0.15) is 5.75 Å². The van der Waals surface area contributed by atoms with Gasteiger partial charge in [-0.25, -0.2) is 0 Å². The van der Waals surface area contributed by atoms with Gasteiger partial charge >= 0.3 is 0 Å². The summed E-state index contributed by atoms with van der Waals surface area (Å²) in [7, 11) is 0. The molecule has 0 N–H and O–H groups in total. The Morgan fingerprint density at radius 3 is 2.59 bits per heavy atom. The molecule has 0 aliphatic rings. The molecule has 1 aromatic carbocycles. The molecule has 17 heavy (non-hydrogen) atoms. The normalized spacial score (nSPS) is 10.9. The molecule has 0 saturated heterocycles. The Bertz CT molecular complexity index is 337. The van der Waals surface area contributed by atoms with Crippen molar-refractivity contribution in [3.8, 4) is 5.75 Å². The van der Waals surface area contributed by atoms with Crippen molar-refractivity contribution >= 4 is 15.9 Å². The predicted molar refractivity (Wildman–Crippen MR) is 76.8 cm³/mol. The molecule has 0 fully saturated rings. The molecule has 0 aliphatic carbocycles. The first-order chi connectivity index (χ1) is 8.19. The van der Waals surface area contributed by atoms with Crippen LogP contribution in [0.1, 0.15) is 25.8 Å². The summed E-state index contributed by atoms with van der Waals surface area (Å²) in [5.74, 6) is 0.985. The lowest BCUT2D eigenvalue weighted by Crippen LogP contribution is -2.25. The second-order valence-electron chi connectivity index (χ2n) is 4.09. The van der Waals surface area contributed by atoms with Gasteiger partial charge in [-0.05, 0) is 38.6 Å². The maximum atomic E-state index is 5.80. The molecule has 1 rings (SSSR count). The van der Waals surface area contributed by atoms with Crippen LogP contribution in [0.15, 0.2) is 22.7 Å². The van der Waals surface area contributed by atoms with Gasteiger partial charge in [-0.1, -0.05) is 35.8 Å². The Labute approximate surface area is 113 Å². The Balaban J connectivity index is 2.33. The van der Waals surface area contributed by atoms with Crippen LogP contribution in [-0.2, 0) is 0 Å².